The van der Waals surface area contributed by atoms with Gasteiger partial charge in [-0.25, -0.2) is 4.98 Å². The van der Waals surface area contributed by atoms with Crippen LogP contribution in [0.25, 0.3) is 22.0 Å². The maximum Gasteiger partial charge on any atom is 0.130 e. The lowest BCUT2D eigenvalue weighted by atomic mass is 10.0. The van der Waals surface area contributed by atoms with E-state index in [4.69, 9.17) is 10.7 Å². The van der Waals surface area contributed by atoms with Crippen LogP contribution in [0.1, 0.15) is 0 Å². The van der Waals surface area contributed by atoms with Gasteiger partial charge in [-0.1, -0.05) is 54.6 Å². The number of benzene rings is 2. The third-order valence-electron chi connectivity index (χ3n) is 5.36. The number of piperazine rings is 1. The smallest absolute Gasteiger partial charge is 0.130 e. The third kappa shape index (κ3) is 3.11. The van der Waals surface area contributed by atoms with E-state index in [1.165, 1.54) is 16.3 Å². The minimum atomic E-state index is 0.703. The van der Waals surface area contributed by atoms with E-state index < -0.39 is 0 Å². The lowest BCUT2D eigenvalue weighted by molar-refractivity contribution is -0.909. The predicted octanol–water partition coefficient (Wildman–Crippen LogP) is 3.08. The van der Waals surface area contributed by atoms with Crippen LogP contribution in [0.2, 0.25) is 0 Å². The molecule has 0 saturated carbocycles. The second-order valence-electron chi connectivity index (χ2n) is 7.15. The van der Waals surface area contributed by atoms with Gasteiger partial charge >= 0.3 is 0 Å². The van der Waals surface area contributed by atoms with Gasteiger partial charge in [0, 0.05) is 10.9 Å². The first-order valence-corrected chi connectivity index (χ1v) is 8.92. The van der Waals surface area contributed by atoms with E-state index in [2.05, 4.69) is 66.5 Å². The van der Waals surface area contributed by atoms with Gasteiger partial charge in [-0.15, -0.1) is 0 Å². The summed E-state index contributed by atoms with van der Waals surface area (Å²) < 4.78 is 0.940. The standard InChI is InChI=1S/C21H25N4/c1-25(16-22)13-11-24(12-14-25)20-15-18-9-5-6-10-19(18)21(23-20)17-7-3-2-4-8-17/h2-10,15H,11-14,16,22H2,1H3/q+1. The first-order valence-electron chi connectivity index (χ1n) is 8.92. The molecule has 0 spiro atoms. The molecular formula is C21H25N4+. The van der Waals surface area contributed by atoms with Gasteiger partial charge in [0.15, 0.2) is 0 Å². The number of hydrogen-bond acceptors (Lipinski definition) is 3. The Bertz CT molecular complexity index is 867. The fourth-order valence-corrected chi connectivity index (χ4v) is 3.52. The third-order valence-corrected chi connectivity index (χ3v) is 5.36. The topological polar surface area (TPSA) is 42.1 Å². The van der Waals surface area contributed by atoms with Crippen molar-refractivity contribution in [3.63, 3.8) is 0 Å². The second kappa shape index (κ2) is 6.47. The average Bonchev–Trinajstić information content (AvgIpc) is 2.68. The number of rotatable bonds is 3. The Hall–Kier alpha value is -2.43. The van der Waals surface area contributed by atoms with E-state index in [1.807, 2.05) is 6.07 Å². The Morgan fingerprint density at radius 3 is 2.40 bits per heavy atom. The van der Waals surface area contributed by atoms with Crippen LogP contribution in [0.5, 0.6) is 0 Å². The average molecular weight is 333 g/mol. The van der Waals surface area contributed by atoms with Crippen molar-refractivity contribution in [1.82, 2.24) is 4.98 Å². The molecule has 1 aromatic heterocycles. The van der Waals surface area contributed by atoms with E-state index >= 15 is 0 Å². The molecule has 0 radical (unpaired) electrons. The lowest BCUT2D eigenvalue weighted by Crippen LogP contribution is -2.59. The molecule has 0 unspecified atom stereocenters. The van der Waals surface area contributed by atoms with Crippen molar-refractivity contribution in [3.8, 4) is 11.3 Å². The van der Waals surface area contributed by atoms with Gasteiger partial charge in [-0.2, -0.15) is 0 Å². The van der Waals surface area contributed by atoms with Gasteiger partial charge in [0.1, 0.15) is 12.5 Å². The molecule has 4 rings (SSSR count). The number of quaternary nitrogens is 1. The Labute approximate surface area is 149 Å². The van der Waals surface area contributed by atoms with Gasteiger partial charge in [-0.3, -0.25) is 5.73 Å². The molecule has 0 amide bonds. The van der Waals surface area contributed by atoms with Crippen LogP contribution < -0.4 is 10.6 Å². The van der Waals surface area contributed by atoms with Crippen LogP contribution in [-0.2, 0) is 0 Å². The maximum absolute atomic E-state index is 5.93. The monoisotopic (exact) mass is 333 g/mol. The van der Waals surface area contributed by atoms with Crippen molar-refractivity contribution in [3.05, 3.63) is 60.7 Å². The number of hydrogen-bond donors (Lipinski definition) is 1. The summed E-state index contributed by atoms with van der Waals surface area (Å²) in [7, 11) is 2.24. The van der Waals surface area contributed by atoms with Crippen LogP contribution >= 0.6 is 0 Å². The summed E-state index contributed by atoms with van der Waals surface area (Å²) in [5.74, 6) is 1.07. The zero-order valence-electron chi connectivity index (χ0n) is 14.7. The molecular weight excluding hydrogens is 308 g/mol. The molecule has 1 fully saturated rings. The minimum Gasteiger partial charge on any atom is -0.345 e. The maximum atomic E-state index is 5.93. The first kappa shape index (κ1) is 16.1. The summed E-state index contributed by atoms with van der Waals surface area (Å²) in [6.07, 6.45) is 0. The molecule has 1 aliphatic heterocycles. The number of nitrogens with two attached hydrogens (primary N) is 1. The van der Waals surface area contributed by atoms with Gasteiger partial charge in [0.05, 0.1) is 38.9 Å². The predicted molar refractivity (Wildman–Crippen MR) is 104 cm³/mol. The highest BCUT2D eigenvalue weighted by Gasteiger charge is 2.28. The second-order valence-corrected chi connectivity index (χ2v) is 7.15. The van der Waals surface area contributed by atoms with Crippen molar-refractivity contribution < 1.29 is 4.48 Å². The Morgan fingerprint density at radius 1 is 1.00 bits per heavy atom. The molecule has 2 heterocycles. The molecule has 25 heavy (non-hydrogen) atoms. The zero-order chi connectivity index (χ0) is 17.3. The van der Waals surface area contributed by atoms with Crippen LogP contribution in [0.4, 0.5) is 5.82 Å². The van der Waals surface area contributed by atoms with Gasteiger partial charge in [0.2, 0.25) is 0 Å². The van der Waals surface area contributed by atoms with Crippen LogP contribution in [0.15, 0.2) is 60.7 Å². The summed E-state index contributed by atoms with van der Waals surface area (Å²) >= 11 is 0. The number of pyridine rings is 1. The molecule has 4 nitrogen and oxygen atoms in total. The van der Waals surface area contributed by atoms with Crippen LogP contribution in [-0.4, -0.2) is 49.4 Å². The molecule has 4 heteroatoms. The number of fused-ring (bicyclic) bond motifs is 1. The van der Waals surface area contributed by atoms with Crippen molar-refractivity contribution in [2.45, 2.75) is 0 Å². The lowest BCUT2D eigenvalue weighted by Gasteiger charge is -2.41. The molecule has 2 N–H and O–H groups in total. The van der Waals surface area contributed by atoms with Crippen molar-refractivity contribution >= 4 is 16.6 Å². The molecule has 0 aliphatic carbocycles. The van der Waals surface area contributed by atoms with E-state index in [-0.39, 0.29) is 0 Å². The van der Waals surface area contributed by atoms with Crippen molar-refractivity contribution in [2.75, 3.05) is 44.8 Å². The van der Waals surface area contributed by atoms with E-state index in [0.29, 0.717) is 6.67 Å². The number of aromatic nitrogens is 1. The molecule has 1 aliphatic rings. The minimum absolute atomic E-state index is 0.703. The summed E-state index contributed by atoms with van der Waals surface area (Å²) in [6.45, 7) is 4.81. The molecule has 128 valence electrons. The van der Waals surface area contributed by atoms with Gasteiger partial charge in [-0.05, 0) is 11.5 Å². The van der Waals surface area contributed by atoms with Gasteiger partial charge < -0.3 is 9.38 Å². The Balaban J connectivity index is 1.76. The molecule has 2 aromatic carbocycles. The normalized spacial score (nSPS) is 17.0. The number of nitrogens with zero attached hydrogens (tertiary/aromatic N) is 3. The highest BCUT2D eigenvalue weighted by atomic mass is 15.4. The molecule has 0 bridgehead atoms. The fraction of sp³-hybridized carbons (Fsp3) is 0.286. The quantitative estimate of drug-likeness (QED) is 0.749. The summed E-state index contributed by atoms with van der Waals surface area (Å²) in [6, 6.07) is 21.2. The van der Waals surface area contributed by atoms with Gasteiger partial charge in [0.25, 0.3) is 0 Å². The largest absolute Gasteiger partial charge is 0.345 e. The Morgan fingerprint density at radius 2 is 1.68 bits per heavy atom. The molecule has 3 aromatic rings. The SMILES string of the molecule is C[N+]1(CN)CCN(c2cc3ccccc3c(-c3ccccc3)n2)CC1. The Kier molecular flexibility index (Phi) is 4.15. The first-order chi connectivity index (χ1) is 12.2. The highest BCUT2D eigenvalue weighted by molar-refractivity contribution is 5.96. The van der Waals surface area contributed by atoms with Crippen LogP contribution in [0, 0.1) is 0 Å². The molecule has 0 atom stereocenters. The number of anilines is 1. The zero-order valence-corrected chi connectivity index (χ0v) is 14.7. The summed E-state index contributed by atoms with van der Waals surface area (Å²) in [4.78, 5) is 7.45. The number of likely N-dealkylation sites (N-methyl/N-ethyl adjacent to an activating group) is 1. The fourth-order valence-electron chi connectivity index (χ4n) is 3.52. The van der Waals surface area contributed by atoms with Crippen molar-refractivity contribution in [2.24, 2.45) is 5.73 Å². The summed E-state index contributed by atoms with van der Waals surface area (Å²) in [5.41, 5.74) is 8.17. The van der Waals surface area contributed by atoms with E-state index in [0.717, 1.165) is 42.2 Å². The van der Waals surface area contributed by atoms with E-state index in [1.54, 1.807) is 0 Å². The summed E-state index contributed by atoms with van der Waals surface area (Å²) in [5, 5.41) is 2.45. The van der Waals surface area contributed by atoms with Crippen LogP contribution in [0.3, 0.4) is 0 Å². The van der Waals surface area contributed by atoms with E-state index in [9.17, 15) is 0 Å². The highest BCUT2D eigenvalue weighted by Crippen LogP contribution is 2.30. The molecule has 1 saturated heterocycles. The van der Waals surface area contributed by atoms with Crippen molar-refractivity contribution in [1.29, 1.82) is 0 Å².